The van der Waals surface area contributed by atoms with Crippen LogP contribution < -0.4 is 15.8 Å². The maximum Gasteiger partial charge on any atom is 0.163 e. The van der Waals surface area contributed by atoms with Gasteiger partial charge in [0.1, 0.15) is 0 Å². The number of phenolic OH excluding ortho intramolecular Hbond substituents is 1. The Morgan fingerprint density at radius 2 is 1.86 bits per heavy atom. The van der Waals surface area contributed by atoms with Gasteiger partial charge < -0.3 is 20.9 Å². The van der Waals surface area contributed by atoms with Crippen molar-refractivity contribution in [3.8, 4) is 11.5 Å². The smallest absolute Gasteiger partial charge is 0.163 e. The molecule has 0 fully saturated rings. The molecule has 0 amide bonds. The SMILES string of the molecule is COc1cc(CCCCCCCCNC(N)=S)ccc1O. The lowest BCUT2D eigenvalue weighted by Gasteiger charge is -2.07. The minimum absolute atomic E-state index is 0.201. The highest BCUT2D eigenvalue weighted by Crippen LogP contribution is 2.26. The Morgan fingerprint density at radius 3 is 2.52 bits per heavy atom. The summed E-state index contributed by atoms with van der Waals surface area (Å²) in [6.07, 6.45) is 8.25. The molecule has 0 bridgehead atoms. The predicted molar refractivity (Wildman–Crippen MR) is 90.9 cm³/mol. The highest BCUT2D eigenvalue weighted by Gasteiger charge is 2.02. The second-order valence-corrected chi connectivity index (χ2v) is 5.61. The van der Waals surface area contributed by atoms with Gasteiger partial charge in [-0.15, -0.1) is 0 Å². The van der Waals surface area contributed by atoms with E-state index in [9.17, 15) is 5.11 Å². The molecular weight excluding hydrogens is 284 g/mol. The van der Waals surface area contributed by atoms with E-state index in [1.807, 2.05) is 12.1 Å². The van der Waals surface area contributed by atoms with Crippen molar-refractivity contribution in [3.63, 3.8) is 0 Å². The predicted octanol–water partition coefficient (Wildman–Crippen LogP) is 3.12. The third-order valence-corrected chi connectivity index (χ3v) is 3.58. The van der Waals surface area contributed by atoms with Gasteiger partial charge in [0.05, 0.1) is 7.11 Å². The number of nitrogens with two attached hydrogens (primary N) is 1. The molecule has 4 N–H and O–H groups in total. The molecule has 5 heteroatoms. The highest BCUT2D eigenvalue weighted by atomic mass is 32.1. The molecule has 0 aromatic heterocycles. The maximum absolute atomic E-state index is 9.54. The van der Waals surface area contributed by atoms with Crippen molar-refractivity contribution in [2.24, 2.45) is 5.73 Å². The molecular formula is C16H26N2O2S. The van der Waals surface area contributed by atoms with Gasteiger partial charge in [0.15, 0.2) is 16.6 Å². The highest BCUT2D eigenvalue weighted by molar-refractivity contribution is 7.80. The molecule has 0 atom stereocenters. The Labute approximate surface area is 132 Å². The number of rotatable bonds is 10. The summed E-state index contributed by atoms with van der Waals surface area (Å²) in [5, 5.41) is 12.9. The number of thiocarbonyl (C=S) groups is 1. The zero-order chi connectivity index (χ0) is 15.5. The van der Waals surface area contributed by atoms with E-state index in [0.29, 0.717) is 10.9 Å². The van der Waals surface area contributed by atoms with Crippen LogP contribution in [0.5, 0.6) is 11.5 Å². The normalized spacial score (nSPS) is 10.3. The number of hydrogen-bond acceptors (Lipinski definition) is 3. The second-order valence-electron chi connectivity index (χ2n) is 5.17. The van der Waals surface area contributed by atoms with E-state index in [-0.39, 0.29) is 5.75 Å². The number of ether oxygens (including phenoxy) is 1. The number of phenols is 1. The van der Waals surface area contributed by atoms with E-state index in [4.69, 9.17) is 22.7 Å². The molecule has 0 radical (unpaired) electrons. The number of benzene rings is 1. The minimum atomic E-state index is 0.201. The Morgan fingerprint density at radius 1 is 1.19 bits per heavy atom. The third-order valence-electron chi connectivity index (χ3n) is 3.44. The van der Waals surface area contributed by atoms with Gasteiger partial charge in [-0.05, 0) is 49.2 Å². The van der Waals surface area contributed by atoms with Crippen LogP contribution in [-0.4, -0.2) is 23.9 Å². The lowest BCUT2D eigenvalue weighted by Crippen LogP contribution is -2.29. The van der Waals surface area contributed by atoms with Crippen LogP contribution >= 0.6 is 12.2 Å². The Bertz CT molecular complexity index is 438. The Kier molecular flexibility index (Phi) is 8.59. The van der Waals surface area contributed by atoms with Crippen LogP contribution in [0.25, 0.3) is 0 Å². The molecule has 1 aromatic rings. The lowest BCUT2D eigenvalue weighted by molar-refractivity contribution is 0.373. The number of aromatic hydroxyl groups is 1. The molecule has 118 valence electrons. The summed E-state index contributed by atoms with van der Waals surface area (Å²) in [4.78, 5) is 0. The van der Waals surface area contributed by atoms with Crippen LogP contribution in [0.4, 0.5) is 0 Å². The van der Waals surface area contributed by atoms with Crippen molar-refractivity contribution in [3.05, 3.63) is 23.8 Å². The Balaban J connectivity index is 2.05. The zero-order valence-corrected chi connectivity index (χ0v) is 13.5. The number of unbranched alkanes of at least 4 members (excludes halogenated alkanes) is 5. The summed E-state index contributed by atoms with van der Waals surface area (Å²) in [7, 11) is 1.57. The molecule has 0 aliphatic heterocycles. The summed E-state index contributed by atoms with van der Waals surface area (Å²) in [5.74, 6) is 0.754. The fourth-order valence-corrected chi connectivity index (χ4v) is 2.35. The molecule has 0 spiro atoms. The van der Waals surface area contributed by atoms with Gasteiger partial charge in [0, 0.05) is 6.54 Å². The summed E-state index contributed by atoms with van der Waals surface area (Å²) < 4.78 is 5.11. The van der Waals surface area contributed by atoms with Crippen molar-refractivity contribution < 1.29 is 9.84 Å². The minimum Gasteiger partial charge on any atom is -0.504 e. The number of methoxy groups -OCH3 is 1. The van der Waals surface area contributed by atoms with E-state index < -0.39 is 0 Å². The van der Waals surface area contributed by atoms with Crippen LogP contribution in [-0.2, 0) is 6.42 Å². The average Bonchev–Trinajstić information content (AvgIpc) is 2.46. The van der Waals surface area contributed by atoms with E-state index in [2.05, 4.69) is 5.32 Å². The number of aryl methyl sites for hydroxylation is 1. The molecule has 0 saturated heterocycles. The standard InChI is InChI=1S/C16H26N2O2S/c1-20-15-12-13(9-10-14(15)19)8-6-4-2-3-5-7-11-18-16(17)21/h9-10,12,19H,2-8,11H2,1H3,(H3,17,18,21). The lowest BCUT2D eigenvalue weighted by atomic mass is 10.0. The largest absolute Gasteiger partial charge is 0.504 e. The fraction of sp³-hybridized carbons (Fsp3) is 0.562. The van der Waals surface area contributed by atoms with Crippen LogP contribution in [0.15, 0.2) is 18.2 Å². The van der Waals surface area contributed by atoms with Gasteiger partial charge in [-0.25, -0.2) is 0 Å². The first-order valence-electron chi connectivity index (χ1n) is 7.52. The first-order valence-corrected chi connectivity index (χ1v) is 7.93. The van der Waals surface area contributed by atoms with Gasteiger partial charge in [-0.3, -0.25) is 0 Å². The van der Waals surface area contributed by atoms with Crippen LogP contribution in [0.3, 0.4) is 0 Å². The third kappa shape index (κ3) is 7.75. The van der Waals surface area contributed by atoms with Gasteiger partial charge in [0.2, 0.25) is 0 Å². The molecule has 0 aliphatic carbocycles. The van der Waals surface area contributed by atoms with Gasteiger partial charge in [-0.2, -0.15) is 0 Å². The molecule has 0 aliphatic rings. The van der Waals surface area contributed by atoms with E-state index in [0.717, 1.165) is 19.4 Å². The maximum atomic E-state index is 9.54. The molecule has 1 rings (SSSR count). The summed E-state index contributed by atoms with van der Waals surface area (Å²) in [6, 6.07) is 5.57. The van der Waals surface area contributed by atoms with Crippen LogP contribution in [0.2, 0.25) is 0 Å². The average molecular weight is 310 g/mol. The first-order chi connectivity index (χ1) is 10.1. The van der Waals surface area contributed by atoms with Gasteiger partial charge in [0.25, 0.3) is 0 Å². The zero-order valence-electron chi connectivity index (χ0n) is 12.7. The topological polar surface area (TPSA) is 67.5 Å². The van der Waals surface area contributed by atoms with Crippen molar-refractivity contribution in [1.29, 1.82) is 0 Å². The van der Waals surface area contributed by atoms with E-state index >= 15 is 0 Å². The monoisotopic (exact) mass is 310 g/mol. The van der Waals surface area contributed by atoms with Crippen molar-refractivity contribution in [2.45, 2.75) is 44.9 Å². The Hall–Kier alpha value is -1.49. The molecule has 4 nitrogen and oxygen atoms in total. The van der Waals surface area contributed by atoms with E-state index in [1.54, 1.807) is 13.2 Å². The van der Waals surface area contributed by atoms with E-state index in [1.165, 1.54) is 37.7 Å². The van der Waals surface area contributed by atoms with Crippen molar-refractivity contribution in [1.82, 2.24) is 5.32 Å². The quantitative estimate of drug-likeness (QED) is 0.458. The van der Waals surface area contributed by atoms with Gasteiger partial charge in [-0.1, -0.05) is 31.7 Å². The van der Waals surface area contributed by atoms with Crippen molar-refractivity contribution in [2.75, 3.05) is 13.7 Å². The molecule has 0 saturated carbocycles. The molecule has 1 aromatic carbocycles. The molecule has 21 heavy (non-hydrogen) atoms. The fourth-order valence-electron chi connectivity index (χ4n) is 2.25. The van der Waals surface area contributed by atoms with Crippen molar-refractivity contribution >= 4 is 17.3 Å². The summed E-state index contributed by atoms with van der Waals surface area (Å²) >= 11 is 4.75. The van der Waals surface area contributed by atoms with Gasteiger partial charge >= 0.3 is 0 Å². The first kappa shape index (κ1) is 17.6. The summed E-state index contributed by atoms with van der Waals surface area (Å²) in [5.41, 5.74) is 6.57. The molecule has 0 heterocycles. The van der Waals surface area contributed by atoms with Crippen LogP contribution in [0.1, 0.15) is 44.1 Å². The molecule has 0 unspecified atom stereocenters. The number of hydrogen-bond donors (Lipinski definition) is 3. The number of nitrogens with one attached hydrogen (secondary N) is 1. The van der Waals surface area contributed by atoms with Crippen LogP contribution in [0, 0.1) is 0 Å². The second kappa shape index (κ2) is 10.3. The summed E-state index contributed by atoms with van der Waals surface area (Å²) in [6.45, 7) is 0.878.